The Hall–Kier alpha value is -1.89. The highest BCUT2D eigenvalue weighted by Crippen LogP contribution is 2.43. The first kappa shape index (κ1) is 14.5. The monoisotopic (exact) mass is 266 g/mol. The molecule has 0 bridgehead atoms. The van der Waals surface area contributed by atoms with Gasteiger partial charge in [0.1, 0.15) is 5.78 Å². The zero-order chi connectivity index (χ0) is 14.4. The van der Waals surface area contributed by atoms with Crippen molar-refractivity contribution in [2.45, 2.75) is 38.0 Å². The molecule has 1 aromatic carbocycles. The molecule has 0 N–H and O–H groups in total. The third-order valence-corrected chi connectivity index (χ3v) is 4.34. The average molecular weight is 266 g/mol. The SMILES string of the molecule is C=C/C=C\C=C(/C)C1(c2ccccc2)CCC(=O)CC1. The number of allylic oxidation sites excluding steroid dienone is 5. The molecule has 0 heterocycles. The van der Waals surface area contributed by atoms with Gasteiger partial charge in [0.15, 0.2) is 0 Å². The van der Waals surface area contributed by atoms with Gasteiger partial charge in [0.05, 0.1) is 0 Å². The molecule has 20 heavy (non-hydrogen) atoms. The zero-order valence-electron chi connectivity index (χ0n) is 12.1. The third-order valence-electron chi connectivity index (χ3n) is 4.34. The van der Waals surface area contributed by atoms with Crippen molar-refractivity contribution < 1.29 is 4.79 Å². The van der Waals surface area contributed by atoms with Gasteiger partial charge in [0.2, 0.25) is 0 Å². The second-order valence-corrected chi connectivity index (χ2v) is 5.46. The minimum atomic E-state index is 0.0146. The van der Waals surface area contributed by atoms with Crippen LogP contribution in [0.2, 0.25) is 0 Å². The van der Waals surface area contributed by atoms with Crippen LogP contribution in [-0.4, -0.2) is 5.78 Å². The molecule has 2 rings (SSSR count). The van der Waals surface area contributed by atoms with Gasteiger partial charge in [0.25, 0.3) is 0 Å². The molecule has 0 unspecified atom stereocenters. The van der Waals surface area contributed by atoms with Crippen molar-refractivity contribution in [3.05, 3.63) is 72.4 Å². The van der Waals surface area contributed by atoms with E-state index in [-0.39, 0.29) is 5.41 Å². The Morgan fingerprint density at radius 2 is 1.80 bits per heavy atom. The van der Waals surface area contributed by atoms with Crippen LogP contribution >= 0.6 is 0 Å². The van der Waals surface area contributed by atoms with E-state index in [0.29, 0.717) is 18.6 Å². The van der Waals surface area contributed by atoms with Gasteiger partial charge >= 0.3 is 0 Å². The molecule has 1 aliphatic carbocycles. The van der Waals surface area contributed by atoms with Crippen molar-refractivity contribution in [1.82, 2.24) is 0 Å². The van der Waals surface area contributed by atoms with E-state index in [4.69, 9.17) is 0 Å². The van der Waals surface area contributed by atoms with Crippen LogP contribution in [0.5, 0.6) is 0 Å². The van der Waals surface area contributed by atoms with Gasteiger partial charge in [-0.3, -0.25) is 4.79 Å². The van der Waals surface area contributed by atoms with Crippen molar-refractivity contribution in [3.63, 3.8) is 0 Å². The molecule has 0 aromatic heterocycles. The van der Waals surface area contributed by atoms with Crippen LogP contribution in [0.4, 0.5) is 0 Å². The largest absolute Gasteiger partial charge is 0.300 e. The number of rotatable bonds is 4. The molecule has 0 saturated heterocycles. The van der Waals surface area contributed by atoms with Gasteiger partial charge < -0.3 is 0 Å². The summed E-state index contributed by atoms with van der Waals surface area (Å²) in [6.45, 7) is 5.87. The fourth-order valence-electron chi connectivity index (χ4n) is 3.06. The lowest BCUT2D eigenvalue weighted by molar-refractivity contribution is -0.121. The van der Waals surface area contributed by atoms with Crippen molar-refractivity contribution in [2.75, 3.05) is 0 Å². The van der Waals surface area contributed by atoms with Gasteiger partial charge in [0, 0.05) is 18.3 Å². The summed E-state index contributed by atoms with van der Waals surface area (Å²) < 4.78 is 0. The van der Waals surface area contributed by atoms with E-state index in [0.717, 1.165) is 12.8 Å². The summed E-state index contributed by atoms with van der Waals surface area (Å²) in [4.78, 5) is 11.6. The van der Waals surface area contributed by atoms with Crippen LogP contribution in [-0.2, 0) is 10.2 Å². The number of Topliss-reactive ketones (excluding diaryl/α,β-unsaturated/α-hetero) is 1. The van der Waals surface area contributed by atoms with Crippen LogP contribution in [0, 0.1) is 0 Å². The Labute approximate surface area is 121 Å². The van der Waals surface area contributed by atoms with E-state index >= 15 is 0 Å². The molecule has 1 fully saturated rings. The summed E-state index contributed by atoms with van der Waals surface area (Å²) in [6, 6.07) is 10.6. The van der Waals surface area contributed by atoms with Gasteiger partial charge in [-0.05, 0) is 25.3 Å². The average Bonchev–Trinajstić information content (AvgIpc) is 2.49. The molecule has 0 atom stereocenters. The first-order valence-electron chi connectivity index (χ1n) is 7.23. The molecule has 0 spiro atoms. The van der Waals surface area contributed by atoms with Gasteiger partial charge in [-0.2, -0.15) is 0 Å². The topological polar surface area (TPSA) is 17.1 Å². The molecule has 104 valence electrons. The van der Waals surface area contributed by atoms with E-state index in [9.17, 15) is 4.79 Å². The highest BCUT2D eigenvalue weighted by molar-refractivity contribution is 5.80. The molecule has 1 saturated carbocycles. The summed E-state index contributed by atoms with van der Waals surface area (Å²) in [5, 5.41) is 0. The van der Waals surface area contributed by atoms with Crippen LogP contribution in [0.25, 0.3) is 0 Å². The molecule has 0 amide bonds. The summed E-state index contributed by atoms with van der Waals surface area (Å²) in [5.41, 5.74) is 2.67. The smallest absolute Gasteiger partial charge is 0.133 e. The van der Waals surface area contributed by atoms with Crippen LogP contribution in [0.3, 0.4) is 0 Å². The van der Waals surface area contributed by atoms with Crippen LogP contribution in [0.1, 0.15) is 38.2 Å². The second-order valence-electron chi connectivity index (χ2n) is 5.46. The molecule has 1 aliphatic rings. The van der Waals surface area contributed by atoms with Gasteiger partial charge in [-0.25, -0.2) is 0 Å². The zero-order valence-corrected chi connectivity index (χ0v) is 12.1. The molecule has 1 nitrogen and oxygen atoms in total. The first-order valence-corrected chi connectivity index (χ1v) is 7.23. The lowest BCUT2D eigenvalue weighted by Gasteiger charge is -2.38. The van der Waals surface area contributed by atoms with Crippen LogP contribution < -0.4 is 0 Å². The van der Waals surface area contributed by atoms with Crippen molar-refractivity contribution in [2.24, 2.45) is 0 Å². The molecule has 1 heteroatoms. The normalized spacial score (nSPS) is 19.2. The fraction of sp³-hybridized carbons (Fsp3) is 0.316. The minimum Gasteiger partial charge on any atom is -0.300 e. The van der Waals surface area contributed by atoms with Crippen molar-refractivity contribution >= 4 is 5.78 Å². The van der Waals surface area contributed by atoms with E-state index in [1.165, 1.54) is 11.1 Å². The Morgan fingerprint density at radius 1 is 1.15 bits per heavy atom. The maximum Gasteiger partial charge on any atom is 0.133 e. The van der Waals surface area contributed by atoms with E-state index in [1.54, 1.807) is 6.08 Å². The number of hydrogen-bond donors (Lipinski definition) is 0. The number of benzene rings is 1. The lowest BCUT2D eigenvalue weighted by atomic mass is 9.65. The Balaban J connectivity index is 2.39. The van der Waals surface area contributed by atoms with Gasteiger partial charge in [-0.1, -0.05) is 66.8 Å². The molecular weight excluding hydrogens is 244 g/mol. The van der Waals surface area contributed by atoms with E-state index in [1.807, 2.05) is 18.2 Å². The molecular formula is C19H22O. The van der Waals surface area contributed by atoms with E-state index in [2.05, 4.69) is 43.8 Å². The first-order chi connectivity index (χ1) is 9.69. The maximum atomic E-state index is 11.6. The number of carbonyl (C=O) groups excluding carboxylic acids is 1. The Bertz CT molecular complexity index is 524. The standard InChI is InChI=1S/C19H22O/c1-3-4-6-9-16(2)19(14-12-18(20)13-15-19)17-10-7-5-8-11-17/h3-11H,1,12-15H2,2H3/b6-4-,16-9+. The quantitative estimate of drug-likeness (QED) is 0.718. The molecule has 1 aromatic rings. The van der Waals surface area contributed by atoms with Crippen LogP contribution in [0.15, 0.2) is 66.8 Å². The fourth-order valence-corrected chi connectivity index (χ4v) is 3.06. The summed E-state index contributed by atoms with van der Waals surface area (Å²) in [6.07, 6.45) is 11.1. The van der Waals surface area contributed by atoms with Gasteiger partial charge in [-0.15, -0.1) is 0 Å². The predicted molar refractivity (Wildman–Crippen MR) is 84.7 cm³/mol. The number of carbonyl (C=O) groups is 1. The summed E-state index contributed by atoms with van der Waals surface area (Å²) in [7, 11) is 0. The van der Waals surface area contributed by atoms with Crippen molar-refractivity contribution in [1.29, 1.82) is 0 Å². The Morgan fingerprint density at radius 3 is 2.40 bits per heavy atom. The highest BCUT2D eigenvalue weighted by Gasteiger charge is 2.37. The van der Waals surface area contributed by atoms with E-state index < -0.39 is 0 Å². The second kappa shape index (κ2) is 6.51. The molecule has 0 aliphatic heterocycles. The number of ketones is 1. The van der Waals surface area contributed by atoms with Crippen molar-refractivity contribution in [3.8, 4) is 0 Å². The Kier molecular flexibility index (Phi) is 4.73. The predicted octanol–water partition coefficient (Wildman–Crippen LogP) is 4.76. The number of hydrogen-bond acceptors (Lipinski definition) is 1. The third kappa shape index (κ3) is 2.98. The highest BCUT2D eigenvalue weighted by atomic mass is 16.1. The minimum absolute atomic E-state index is 0.0146. The summed E-state index contributed by atoms with van der Waals surface area (Å²) in [5.74, 6) is 0.394. The maximum absolute atomic E-state index is 11.6. The summed E-state index contributed by atoms with van der Waals surface area (Å²) >= 11 is 0. The molecule has 0 radical (unpaired) electrons. The lowest BCUT2D eigenvalue weighted by Crippen LogP contribution is -2.33.